The minimum atomic E-state index is -0.378. The van der Waals surface area contributed by atoms with Crippen molar-refractivity contribution in [2.24, 2.45) is 29.4 Å². The molecular formula is C85H108Cl4F2N10O7. The minimum Gasteiger partial charge on any atom is -0.385 e. The quantitative estimate of drug-likeness (QED) is 0.0777. The van der Waals surface area contributed by atoms with Crippen LogP contribution in [0.5, 0.6) is 0 Å². The summed E-state index contributed by atoms with van der Waals surface area (Å²) in [5.41, 5.74) is 12.0. The molecule has 7 amide bonds. The SMILES string of the molecule is CC(=O)N1CCC(CC(=O)N2CCN(C(c3ccc(F)cc3)c3ccc(F)cc3)C[C@@H]2C(C)C)CC1.CC[C@H]1CN(C(c2ccc(Cl)cc2)c2ccc(Cl)cc2)CCN1C(=O)CC1CCN(C(C)=O)CC1.COCC[C@H]1CN(C(c2ccc(Cl)cc2)c2ccc(Cl)cc2)CCN1C(=O)CC1CCN(C(N)=O)CC1. The summed E-state index contributed by atoms with van der Waals surface area (Å²) in [6, 6.07) is 44.9. The number of benzene rings is 6. The minimum absolute atomic E-state index is 0.0231. The monoisotopic (exact) mass is 1560 g/mol. The number of halogens is 6. The first-order valence-electron chi connectivity index (χ1n) is 38.6. The van der Waals surface area contributed by atoms with Gasteiger partial charge in [0.05, 0.1) is 18.1 Å². The molecule has 0 aliphatic carbocycles. The van der Waals surface area contributed by atoms with Crippen molar-refractivity contribution < 1.29 is 42.3 Å². The Hall–Kier alpha value is -7.20. The number of carbonyl (C=O) groups excluding carboxylic acids is 6. The lowest BCUT2D eigenvalue weighted by Crippen LogP contribution is -2.58. The third-order valence-electron chi connectivity index (χ3n) is 23.0. The summed E-state index contributed by atoms with van der Waals surface area (Å²) in [7, 11) is 1.70. The van der Waals surface area contributed by atoms with Crippen LogP contribution >= 0.6 is 46.4 Å². The van der Waals surface area contributed by atoms with Gasteiger partial charge in [0.15, 0.2) is 0 Å². The van der Waals surface area contributed by atoms with Gasteiger partial charge in [-0.05, 0) is 181 Å². The highest BCUT2D eigenvalue weighted by Gasteiger charge is 2.40. The van der Waals surface area contributed by atoms with Crippen molar-refractivity contribution in [1.82, 2.24) is 44.1 Å². The van der Waals surface area contributed by atoms with E-state index in [0.29, 0.717) is 87.0 Å². The molecule has 3 atom stereocenters. The summed E-state index contributed by atoms with van der Waals surface area (Å²) in [6.45, 7) is 21.0. The third-order valence-corrected chi connectivity index (χ3v) is 24.0. The zero-order valence-electron chi connectivity index (χ0n) is 63.4. The molecule has 6 heterocycles. The van der Waals surface area contributed by atoms with Crippen molar-refractivity contribution in [3.05, 3.63) is 211 Å². The molecule has 0 radical (unpaired) electrons. The molecule has 6 aliphatic heterocycles. The summed E-state index contributed by atoms with van der Waals surface area (Å²) >= 11 is 24.7. The molecule has 17 nitrogen and oxygen atoms in total. The fourth-order valence-corrected chi connectivity index (χ4v) is 17.3. The Kier molecular flexibility index (Phi) is 30.9. The maximum atomic E-state index is 13.7. The van der Waals surface area contributed by atoms with E-state index in [1.807, 2.05) is 63.2 Å². The molecule has 6 aromatic carbocycles. The summed E-state index contributed by atoms with van der Waals surface area (Å²) in [5, 5.41) is 2.85. The number of ether oxygens (including phenoxy) is 1. The molecule has 0 aromatic heterocycles. The zero-order chi connectivity index (χ0) is 77.1. The predicted octanol–water partition coefficient (Wildman–Crippen LogP) is 15.3. The summed E-state index contributed by atoms with van der Waals surface area (Å²) in [5.74, 6) is 1.51. The van der Waals surface area contributed by atoms with Crippen LogP contribution in [0.1, 0.15) is 157 Å². The number of hydrogen-bond acceptors (Lipinski definition) is 10. The second kappa shape index (κ2) is 40.1. The Bertz CT molecular complexity index is 3750. The Balaban J connectivity index is 0.000000173. The molecule has 6 aliphatic rings. The lowest BCUT2D eigenvalue weighted by molar-refractivity contribution is -0.140. The standard InChI is InChI=1S/C29H37F2N3O2.C28H36Cl2N4O3.C28H35Cl2N3O2/c1-20(2)27-19-33(16-17-34(27)28(36)18-22-12-14-32(15-13-22)21(3)35)29(23-4-8-25(30)9-5-23)24-6-10-26(31)11-7-24;1-37-17-12-25-19-33(15-16-34(25)26(35)18-20-10-13-32(14-11-20)28(31)36)27(21-2-6-23(29)7-3-21)22-4-8-24(30)9-5-22;1-3-26-19-32(16-17-33(26)27(35)18-21-12-14-31(15-13-21)20(2)34)28(22-4-8-24(29)9-5-22)23-6-10-25(30)11-7-23/h4-11,20,22,27,29H,12-19H2,1-3H3;2-9,20,25,27H,10-19H2,1H3,(H2,31,36);4-11,21,26,28H,3,12-19H2,1-2H3/t27-;25-;26-/m100/s1. The zero-order valence-corrected chi connectivity index (χ0v) is 66.5. The maximum Gasteiger partial charge on any atom is 0.314 e. The van der Waals surface area contributed by atoms with E-state index >= 15 is 0 Å². The van der Waals surface area contributed by atoms with E-state index in [9.17, 15) is 37.5 Å². The number of nitrogens with two attached hydrogens (primary N) is 1. The smallest absolute Gasteiger partial charge is 0.314 e. The molecule has 0 unspecified atom stereocenters. The lowest BCUT2D eigenvalue weighted by Gasteiger charge is -2.47. The number of rotatable bonds is 20. The van der Waals surface area contributed by atoms with Gasteiger partial charge in [0.1, 0.15) is 11.6 Å². The summed E-state index contributed by atoms with van der Waals surface area (Å²) in [6.07, 6.45) is 8.49. The molecule has 6 saturated heterocycles. The van der Waals surface area contributed by atoms with Crippen LogP contribution in [0.2, 0.25) is 20.1 Å². The van der Waals surface area contributed by atoms with E-state index in [0.717, 1.165) is 143 Å². The van der Waals surface area contributed by atoms with Gasteiger partial charge in [-0.1, -0.05) is 140 Å². The molecular weight excluding hydrogens is 1450 g/mol. The van der Waals surface area contributed by atoms with Crippen molar-refractivity contribution in [2.75, 3.05) is 112 Å². The van der Waals surface area contributed by atoms with Crippen LogP contribution in [0.3, 0.4) is 0 Å². The van der Waals surface area contributed by atoms with Crippen molar-refractivity contribution >= 4 is 82.0 Å². The number of urea groups is 1. The van der Waals surface area contributed by atoms with Gasteiger partial charge in [0.2, 0.25) is 29.5 Å². The van der Waals surface area contributed by atoms with Crippen LogP contribution in [-0.2, 0) is 28.7 Å². The Morgan fingerprint density at radius 1 is 0.417 bits per heavy atom. The average Bonchev–Trinajstić information content (AvgIpc) is 0.794. The molecule has 2 N–H and O–H groups in total. The average molecular weight is 1560 g/mol. The predicted molar refractivity (Wildman–Crippen MR) is 425 cm³/mol. The number of nitrogens with zero attached hydrogens (tertiary/aromatic N) is 9. The first-order valence-corrected chi connectivity index (χ1v) is 40.1. The second-order valence-electron chi connectivity index (χ2n) is 30.4. The highest BCUT2D eigenvalue weighted by atomic mass is 35.5. The number of carbonyl (C=O) groups is 6. The Labute approximate surface area is 657 Å². The third kappa shape index (κ3) is 22.8. The van der Waals surface area contributed by atoms with Crippen LogP contribution in [0, 0.1) is 35.3 Å². The summed E-state index contributed by atoms with van der Waals surface area (Å²) in [4.78, 5) is 93.8. The molecule has 0 bridgehead atoms. The number of piperazine rings is 3. The highest BCUT2D eigenvalue weighted by Crippen LogP contribution is 2.38. The summed E-state index contributed by atoms with van der Waals surface area (Å²) < 4.78 is 32.8. The van der Waals surface area contributed by atoms with Crippen molar-refractivity contribution in [1.29, 1.82) is 0 Å². The van der Waals surface area contributed by atoms with Crippen molar-refractivity contribution in [3.8, 4) is 0 Å². The number of methoxy groups -OCH3 is 1. The maximum absolute atomic E-state index is 13.7. The van der Waals surface area contributed by atoms with E-state index < -0.39 is 0 Å². The number of amides is 7. The number of primary amides is 1. The van der Waals surface area contributed by atoms with Gasteiger partial charge in [-0.2, -0.15) is 0 Å². The number of likely N-dealkylation sites (tertiary alicyclic amines) is 3. The van der Waals surface area contributed by atoms with Gasteiger partial charge in [-0.25, -0.2) is 13.6 Å². The Morgan fingerprint density at radius 2 is 0.704 bits per heavy atom. The van der Waals surface area contributed by atoms with Crippen LogP contribution in [0.15, 0.2) is 146 Å². The fourth-order valence-electron chi connectivity index (χ4n) is 16.7. The molecule has 0 saturated carbocycles. The van der Waals surface area contributed by atoms with Crippen LogP contribution in [0.25, 0.3) is 0 Å². The van der Waals surface area contributed by atoms with Gasteiger partial charge in [0.25, 0.3) is 0 Å². The lowest BCUT2D eigenvalue weighted by atomic mass is 9.90. The molecule has 108 heavy (non-hydrogen) atoms. The second-order valence-corrected chi connectivity index (χ2v) is 32.1. The molecule has 582 valence electrons. The van der Waals surface area contributed by atoms with E-state index in [-0.39, 0.29) is 95.3 Å². The first-order chi connectivity index (χ1) is 51.9. The van der Waals surface area contributed by atoms with Crippen LogP contribution < -0.4 is 5.73 Å². The van der Waals surface area contributed by atoms with Crippen LogP contribution in [-0.4, -0.2) is 210 Å². The van der Waals surface area contributed by atoms with Crippen molar-refractivity contribution in [3.63, 3.8) is 0 Å². The number of hydrogen-bond donors (Lipinski definition) is 1. The Morgan fingerprint density at radius 3 is 1.01 bits per heavy atom. The largest absolute Gasteiger partial charge is 0.385 e. The number of piperidine rings is 3. The topological polar surface area (TPSA) is 167 Å². The van der Waals surface area contributed by atoms with Gasteiger partial charge in [0, 0.05) is 183 Å². The van der Waals surface area contributed by atoms with Gasteiger partial charge in [-0.3, -0.25) is 38.7 Å². The molecule has 0 spiro atoms. The van der Waals surface area contributed by atoms with E-state index in [4.69, 9.17) is 56.9 Å². The van der Waals surface area contributed by atoms with Crippen LogP contribution in [0.4, 0.5) is 13.6 Å². The van der Waals surface area contributed by atoms with E-state index in [1.165, 1.54) is 35.4 Å². The molecule has 12 rings (SSSR count). The van der Waals surface area contributed by atoms with Crippen molar-refractivity contribution in [2.45, 2.75) is 141 Å². The highest BCUT2D eigenvalue weighted by molar-refractivity contribution is 6.31. The van der Waals surface area contributed by atoms with E-state index in [1.54, 1.807) is 50.1 Å². The molecule has 6 aromatic rings. The fraction of sp³-hybridized carbons (Fsp3) is 0.506. The van der Waals surface area contributed by atoms with Gasteiger partial charge >= 0.3 is 6.03 Å². The van der Waals surface area contributed by atoms with Gasteiger partial charge < -0.3 is 39.9 Å². The molecule has 6 fully saturated rings. The molecule has 23 heteroatoms. The first kappa shape index (κ1) is 83.3. The van der Waals surface area contributed by atoms with Gasteiger partial charge in [-0.15, -0.1) is 0 Å². The normalized spacial score (nSPS) is 19.7. The van der Waals surface area contributed by atoms with E-state index in [2.05, 4.69) is 93.8 Å².